The summed E-state index contributed by atoms with van der Waals surface area (Å²) in [6.07, 6.45) is 10.4. The number of rotatable bonds is 6. The van der Waals surface area contributed by atoms with Crippen molar-refractivity contribution in [1.82, 2.24) is 10.2 Å². The number of nitrogens with zero attached hydrogens (tertiary/aromatic N) is 1. The standard InChI is InChI=1S/C18H34N2O2/c1-18(2,3)22-17(21)20(16-10-11-16)13-12-19-14-15-8-6-4-5-7-9-15/h15-16,19H,4-14H2,1-3H3. The van der Waals surface area contributed by atoms with Gasteiger partial charge in [-0.2, -0.15) is 0 Å². The normalized spacial score (nSPS) is 20.5. The van der Waals surface area contributed by atoms with Crippen molar-refractivity contribution in [3.8, 4) is 0 Å². The van der Waals surface area contributed by atoms with Crippen LogP contribution < -0.4 is 5.32 Å². The molecule has 2 saturated carbocycles. The highest BCUT2D eigenvalue weighted by Crippen LogP contribution is 2.28. The third kappa shape index (κ3) is 6.55. The minimum absolute atomic E-state index is 0.147. The second-order valence-electron chi connectivity index (χ2n) is 7.97. The van der Waals surface area contributed by atoms with Crippen molar-refractivity contribution in [2.75, 3.05) is 19.6 Å². The van der Waals surface area contributed by atoms with Crippen molar-refractivity contribution in [2.24, 2.45) is 5.92 Å². The van der Waals surface area contributed by atoms with Crippen LogP contribution in [-0.2, 0) is 4.74 Å². The molecule has 4 heteroatoms. The van der Waals surface area contributed by atoms with E-state index in [-0.39, 0.29) is 6.09 Å². The summed E-state index contributed by atoms with van der Waals surface area (Å²) in [6, 6.07) is 0.412. The molecule has 4 nitrogen and oxygen atoms in total. The summed E-state index contributed by atoms with van der Waals surface area (Å²) in [5.41, 5.74) is -0.405. The minimum Gasteiger partial charge on any atom is -0.444 e. The number of amides is 1. The van der Waals surface area contributed by atoms with Gasteiger partial charge in [-0.3, -0.25) is 0 Å². The van der Waals surface area contributed by atoms with E-state index in [4.69, 9.17) is 4.74 Å². The van der Waals surface area contributed by atoms with Crippen molar-refractivity contribution < 1.29 is 9.53 Å². The van der Waals surface area contributed by atoms with Gasteiger partial charge < -0.3 is 15.0 Å². The van der Waals surface area contributed by atoms with E-state index >= 15 is 0 Å². The zero-order valence-corrected chi connectivity index (χ0v) is 14.7. The second kappa shape index (κ2) is 8.19. The van der Waals surface area contributed by atoms with E-state index in [0.717, 1.165) is 38.4 Å². The smallest absolute Gasteiger partial charge is 0.410 e. The van der Waals surface area contributed by atoms with Gasteiger partial charge in [0.05, 0.1) is 0 Å². The first-order chi connectivity index (χ1) is 10.5. The molecule has 0 heterocycles. The molecule has 2 fully saturated rings. The predicted octanol–water partition coefficient (Wildman–Crippen LogP) is 3.95. The molecule has 22 heavy (non-hydrogen) atoms. The van der Waals surface area contributed by atoms with Crippen molar-refractivity contribution in [2.45, 2.75) is 83.8 Å². The topological polar surface area (TPSA) is 41.6 Å². The van der Waals surface area contributed by atoms with Crippen LogP contribution in [0.25, 0.3) is 0 Å². The van der Waals surface area contributed by atoms with Crippen LogP contribution in [0, 0.1) is 5.92 Å². The molecule has 0 aromatic rings. The Labute approximate surface area is 136 Å². The molecule has 0 atom stereocenters. The highest BCUT2D eigenvalue weighted by Gasteiger charge is 2.34. The Bertz CT molecular complexity index is 339. The Morgan fingerprint density at radius 1 is 1.09 bits per heavy atom. The first-order valence-electron chi connectivity index (χ1n) is 9.16. The van der Waals surface area contributed by atoms with Gasteiger partial charge in [-0.25, -0.2) is 4.79 Å². The molecule has 0 saturated heterocycles. The summed E-state index contributed by atoms with van der Waals surface area (Å²) in [4.78, 5) is 14.2. The molecule has 2 aliphatic rings. The predicted molar refractivity (Wildman–Crippen MR) is 90.0 cm³/mol. The lowest BCUT2D eigenvalue weighted by atomic mass is 10.0. The fourth-order valence-corrected chi connectivity index (χ4v) is 3.20. The van der Waals surface area contributed by atoms with Gasteiger partial charge in [0, 0.05) is 19.1 Å². The minimum atomic E-state index is -0.405. The molecule has 0 aromatic heterocycles. The van der Waals surface area contributed by atoms with Crippen LogP contribution in [-0.4, -0.2) is 42.3 Å². The first kappa shape index (κ1) is 17.6. The van der Waals surface area contributed by atoms with Crippen LogP contribution in [0.4, 0.5) is 4.79 Å². The van der Waals surface area contributed by atoms with Crippen LogP contribution >= 0.6 is 0 Å². The summed E-state index contributed by atoms with van der Waals surface area (Å²) in [6.45, 7) is 8.55. The molecule has 0 unspecified atom stereocenters. The number of hydrogen-bond acceptors (Lipinski definition) is 3. The summed E-state index contributed by atoms with van der Waals surface area (Å²) in [7, 11) is 0. The van der Waals surface area contributed by atoms with Gasteiger partial charge in [-0.1, -0.05) is 25.7 Å². The van der Waals surface area contributed by atoms with Crippen LogP contribution in [0.2, 0.25) is 0 Å². The third-order valence-corrected chi connectivity index (χ3v) is 4.55. The maximum Gasteiger partial charge on any atom is 0.410 e. The van der Waals surface area contributed by atoms with E-state index in [1.807, 2.05) is 25.7 Å². The average molecular weight is 310 g/mol. The number of ether oxygens (including phenoxy) is 1. The van der Waals surface area contributed by atoms with E-state index in [1.165, 1.54) is 38.5 Å². The quantitative estimate of drug-likeness (QED) is 0.596. The third-order valence-electron chi connectivity index (χ3n) is 4.55. The highest BCUT2D eigenvalue weighted by atomic mass is 16.6. The van der Waals surface area contributed by atoms with E-state index in [1.54, 1.807) is 0 Å². The molecule has 1 amide bonds. The fourth-order valence-electron chi connectivity index (χ4n) is 3.20. The number of carbonyl (C=O) groups is 1. The van der Waals surface area contributed by atoms with E-state index in [9.17, 15) is 4.79 Å². The Morgan fingerprint density at radius 3 is 2.27 bits per heavy atom. The molecule has 2 rings (SSSR count). The molecule has 1 N–H and O–H groups in total. The van der Waals surface area contributed by atoms with Crippen LogP contribution in [0.5, 0.6) is 0 Å². The number of hydrogen-bond donors (Lipinski definition) is 1. The van der Waals surface area contributed by atoms with Crippen molar-refractivity contribution in [1.29, 1.82) is 0 Å². The van der Waals surface area contributed by atoms with Gasteiger partial charge in [0.2, 0.25) is 0 Å². The molecule has 0 aromatic carbocycles. The Kier molecular flexibility index (Phi) is 6.54. The summed E-state index contributed by atoms with van der Waals surface area (Å²) in [5, 5.41) is 3.56. The van der Waals surface area contributed by atoms with E-state index in [2.05, 4.69) is 5.32 Å². The zero-order chi connectivity index (χ0) is 16.0. The Hall–Kier alpha value is -0.770. The van der Waals surface area contributed by atoms with Gasteiger partial charge in [0.15, 0.2) is 0 Å². The first-order valence-corrected chi connectivity index (χ1v) is 9.16. The Morgan fingerprint density at radius 2 is 1.73 bits per heavy atom. The van der Waals surface area contributed by atoms with Crippen molar-refractivity contribution in [3.63, 3.8) is 0 Å². The summed E-state index contributed by atoms with van der Waals surface area (Å²) in [5.74, 6) is 0.832. The molecule has 2 aliphatic carbocycles. The van der Waals surface area contributed by atoms with Gasteiger partial charge in [0.1, 0.15) is 5.60 Å². The average Bonchev–Trinajstić information content (AvgIpc) is 3.23. The van der Waals surface area contributed by atoms with E-state index in [0.29, 0.717) is 6.04 Å². The van der Waals surface area contributed by atoms with Crippen molar-refractivity contribution in [3.05, 3.63) is 0 Å². The SMILES string of the molecule is CC(C)(C)OC(=O)N(CCNCC1CCCCCC1)C1CC1. The lowest BCUT2D eigenvalue weighted by molar-refractivity contribution is 0.0235. The maximum absolute atomic E-state index is 12.3. The van der Waals surface area contributed by atoms with Crippen LogP contribution in [0.15, 0.2) is 0 Å². The monoisotopic (exact) mass is 310 g/mol. The summed E-state index contributed by atoms with van der Waals surface area (Å²) < 4.78 is 5.52. The van der Waals surface area contributed by atoms with E-state index < -0.39 is 5.60 Å². The maximum atomic E-state index is 12.3. The molecule has 0 aliphatic heterocycles. The number of carbonyl (C=O) groups excluding carboxylic acids is 1. The molecular formula is C18H34N2O2. The van der Waals surface area contributed by atoms with Gasteiger partial charge in [-0.05, 0) is 58.9 Å². The van der Waals surface area contributed by atoms with Gasteiger partial charge >= 0.3 is 6.09 Å². The number of nitrogens with one attached hydrogen (secondary N) is 1. The molecule has 0 bridgehead atoms. The van der Waals surface area contributed by atoms with Crippen LogP contribution in [0.3, 0.4) is 0 Å². The fraction of sp³-hybridized carbons (Fsp3) is 0.944. The Balaban J connectivity index is 1.67. The molecule has 128 valence electrons. The van der Waals surface area contributed by atoms with Gasteiger partial charge in [0.25, 0.3) is 0 Å². The zero-order valence-electron chi connectivity index (χ0n) is 14.7. The molecule has 0 radical (unpaired) electrons. The molecule has 0 spiro atoms. The largest absolute Gasteiger partial charge is 0.444 e. The highest BCUT2D eigenvalue weighted by molar-refractivity contribution is 5.69. The van der Waals surface area contributed by atoms with Crippen molar-refractivity contribution >= 4 is 6.09 Å². The second-order valence-corrected chi connectivity index (χ2v) is 7.97. The lowest BCUT2D eigenvalue weighted by Gasteiger charge is -2.27. The lowest BCUT2D eigenvalue weighted by Crippen LogP contribution is -2.42. The van der Waals surface area contributed by atoms with Crippen LogP contribution in [0.1, 0.15) is 72.1 Å². The summed E-state index contributed by atoms with van der Waals surface area (Å²) >= 11 is 0. The molecular weight excluding hydrogens is 276 g/mol. The van der Waals surface area contributed by atoms with Gasteiger partial charge in [-0.15, -0.1) is 0 Å².